The number of hydrogen-bond donors (Lipinski definition) is 1. The van der Waals surface area contributed by atoms with Crippen LogP contribution in [0.15, 0.2) is 45.3 Å². The molecule has 2 aromatic rings. The number of furan rings is 1. The van der Waals surface area contributed by atoms with Gasteiger partial charge in [0.05, 0.1) is 0 Å². The highest BCUT2D eigenvalue weighted by Crippen LogP contribution is 2.59. The molecule has 5 heteroatoms. The largest absolute Gasteiger partial charge is 0.486 e. The SMILES string of the molecule is O=C(NCC12CC3CC(CC(C3)C1)C2)c1ccc(COc2ccc(Br)cc2)o1. The fourth-order valence-electron chi connectivity index (χ4n) is 6.12. The molecule has 4 aliphatic rings. The van der Waals surface area contributed by atoms with Gasteiger partial charge in [-0.15, -0.1) is 0 Å². The van der Waals surface area contributed by atoms with Gasteiger partial charge in [-0.2, -0.15) is 0 Å². The van der Waals surface area contributed by atoms with E-state index in [1.165, 1.54) is 38.5 Å². The van der Waals surface area contributed by atoms with Crippen LogP contribution in [0.4, 0.5) is 0 Å². The lowest BCUT2D eigenvalue weighted by Gasteiger charge is -2.56. The zero-order valence-corrected chi connectivity index (χ0v) is 17.5. The lowest BCUT2D eigenvalue weighted by Crippen LogP contribution is -2.51. The van der Waals surface area contributed by atoms with Crippen LogP contribution < -0.4 is 10.1 Å². The van der Waals surface area contributed by atoms with Gasteiger partial charge in [-0.1, -0.05) is 15.9 Å². The molecule has 0 unspecified atom stereocenters. The quantitative estimate of drug-likeness (QED) is 0.634. The highest BCUT2D eigenvalue weighted by molar-refractivity contribution is 9.10. The van der Waals surface area contributed by atoms with Crippen LogP contribution in [0.1, 0.15) is 54.8 Å². The van der Waals surface area contributed by atoms with E-state index in [4.69, 9.17) is 9.15 Å². The molecule has 148 valence electrons. The predicted octanol–water partition coefficient (Wildman–Crippen LogP) is 5.57. The second-order valence-corrected chi connectivity index (χ2v) is 10.0. The molecule has 0 spiro atoms. The fraction of sp³-hybridized carbons (Fsp3) is 0.522. The van der Waals surface area contributed by atoms with E-state index in [0.29, 0.717) is 23.5 Å². The van der Waals surface area contributed by atoms with Crippen molar-refractivity contribution < 1.29 is 13.9 Å². The standard InChI is InChI=1S/C23H26BrNO3/c24-18-1-3-19(4-2-18)27-13-20-5-6-21(28-20)22(26)25-14-23-10-15-7-16(11-23)9-17(8-15)12-23/h1-6,15-17H,7-14H2,(H,25,26). The number of carbonyl (C=O) groups is 1. The van der Waals surface area contributed by atoms with Crippen molar-refractivity contribution in [2.24, 2.45) is 23.2 Å². The Labute approximate surface area is 174 Å². The van der Waals surface area contributed by atoms with Gasteiger partial charge in [-0.25, -0.2) is 0 Å². The van der Waals surface area contributed by atoms with Crippen LogP contribution in [0.5, 0.6) is 5.75 Å². The Kier molecular flexibility index (Phi) is 4.74. The zero-order chi connectivity index (χ0) is 19.1. The average molecular weight is 444 g/mol. The summed E-state index contributed by atoms with van der Waals surface area (Å²) in [5.41, 5.74) is 0.338. The second-order valence-electron chi connectivity index (χ2n) is 9.11. The third kappa shape index (κ3) is 3.73. The summed E-state index contributed by atoms with van der Waals surface area (Å²) in [4.78, 5) is 12.6. The maximum absolute atomic E-state index is 12.6. The van der Waals surface area contributed by atoms with Crippen LogP contribution >= 0.6 is 15.9 Å². The van der Waals surface area contributed by atoms with E-state index < -0.39 is 0 Å². The minimum absolute atomic E-state index is 0.106. The Balaban J connectivity index is 1.16. The van der Waals surface area contributed by atoms with Gasteiger partial charge in [0.15, 0.2) is 5.76 Å². The number of amides is 1. The van der Waals surface area contributed by atoms with Crippen molar-refractivity contribution in [3.05, 3.63) is 52.4 Å². The van der Waals surface area contributed by atoms with Crippen molar-refractivity contribution in [1.82, 2.24) is 5.32 Å². The van der Waals surface area contributed by atoms with Crippen molar-refractivity contribution >= 4 is 21.8 Å². The Morgan fingerprint density at radius 3 is 2.32 bits per heavy atom. The third-order valence-electron chi connectivity index (χ3n) is 6.87. The van der Waals surface area contributed by atoms with Crippen LogP contribution in [-0.2, 0) is 6.61 Å². The number of benzene rings is 1. The number of rotatable bonds is 6. The van der Waals surface area contributed by atoms with E-state index in [1.54, 1.807) is 6.07 Å². The molecule has 0 atom stereocenters. The molecule has 4 saturated carbocycles. The van der Waals surface area contributed by atoms with Crippen molar-refractivity contribution in [1.29, 1.82) is 0 Å². The van der Waals surface area contributed by atoms with Crippen LogP contribution in [-0.4, -0.2) is 12.5 Å². The first kappa shape index (κ1) is 18.3. The first-order valence-corrected chi connectivity index (χ1v) is 11.1. The van der Waals surface area contributed by atoms with E-state index in [9.17, 15) is 4.79 Å². The molecule has 4 fully saturated rings. The molecular weight excluding hydrogens is 418 g/mol. The Hall–Kier alpha value is -1.75. The van der Waals surface area contributed by atoms with E-state index >= 15 is 0 Å². The van der Waals surface area contributed by atoms with Gasteiger partial charge in [-0.05, 0) is 98.1 Å². The summed E-state index contributed by atoms with van der Waals surface area (Å²) in [5, 5.41) is 3.17. The summed E-state index contributed by atoms with van der Waals surface area (Å²) in [6, 6.07) is 11.2. The van der Waals surface area contributed by atoms with Crippen LogP contribution in [0, 0.1) is 23.2 Å². The first-order chi connectivity index (χ1) is 13.6. The van der Waals surface area contributed by atoms with E-state index in [2.05, 4.69) is 21.2 Å². The van der Waals surface area contributed by atoms with Crippen molar-refractivity contribution in [2.45, 2.75) is 45.1 Å². The normalized spacial score (nSPS) is 30.4. The molecule has 0 aliphatic heterocycles. The molecule has 0 saturated heterocycles. The highest BCUT2D eigenvalue weighted by Gasteiger charge is 2.50. The van der Waals surface area contributed by atoms with Crippen molar-refractivity contribution in [3.63, 3.8) is 0 Å². The predicted molar refractivity (Wildman–Crippen MR) is 110 cm³/mol. The van der Waals surface area contributed by atoms with E-state index in [1.807, 2.05) is 30.3 Å². The lowest BCUT2D eigenvalue weighted by atomic mass is 9.49. The Morgan fingerprint density at radius 2 is 1.68 bits per heavy atom. The molecule has 0 radical (unpaired) electrons. The zero-order valence-electron chi connectivity index (χ0n) is 16.0. The average Bonchev–Trinajstić information content (AvgIpc) is 3.14. The minimum atomic E-state index is -0.106. The number of hydrogen-bond acceptors (Lipinski definition) is 3. The maximum Gasteiger partial charge on any atom is 0.287 e. The molecule has 28 heavy (non-hydrogen) atoms. The van der Waals surface area contributed by atoms with E-state index in [0.717, 1.165) is 34.5 Å². The fourth-order valence-corrected chi connectivity index (χ4v) is 6.39. The monoisotopic (exact) mass is 443 g/mol. The molecule has 1 N–H and O–H groups in total. The summed E-state index contributed by atoms with van der Waals surface area (Å²) in [5.74, 6) is 4.39. The summed E-state index contributed by atoms with van der Waals surface area (Å²) in [6.45, 7) is 1.10. The highest BCUT2D eigenvalue weighted by atomic mass is 79.9. The number of carbonyl (C=O) groups excluding carboxylic acids is 1. The summed E-state index contributed by atoms with van der Waals surface area (Å²) in [6.07, 6.45) is 8.16. The summed E-state index contributed by atoms with van der Waals surface area (Å²) in [7, 11) is 0. The van der Waals surface area contributed by atoms with Gasteiger partial charge in [0, 0.05) is 11.0 Å². The maximum atomic E-state index is 12.6. The smallest absolute Gasteiger partial charge is 0.287 e. The van der Waals surface area contributed by atoms with Gasteiger partial charge in [-0.3, -0.25) is 4.79 Å². The third-order valence-corrected chi connectivity index (χ3v) is 7.40. The molecular formula is C23H26BrNO3. The molecule has 1 amide bonds. The second kappa shape index (κ2) is 7.25. The van der Waals surface area contributed by atoms with Crippen LogP contribution in [0.25, 0.3) is 0 Å². The Morgan fingerprint density at radius 1 is 1.04 bits per heavy atom. The van der Waals surface area contributed by atoms with Crippen LogP contribution in [0.2, 0.25) is 0 Å². The van der Waals surface area contributed by atoms with Gasteiger partial charge < -0.3 is 14.5 Å². The summed E-state index contributed by atoms with van der Waals surface area (Å²) >= 11 is 3.41. The van der Waals surface area contributed by atoms with Crippen LogP contribution in [0.3, 0.4) is 0 Å². The van der Waals surface area contributed by atoms with E-state index in [-0.39, 0.29) is 5.91 Å². The molecule has 4 nitrogen and oxygen atoms in total. The van der Waals surface area contributed by atoms with Gasteiger partial charge in [0.25, 0.3) is 5.91 Å². The molecule has 4 aliphatic carbocycles. The van der Waals surface area contributed by atoms with Crippen molar-refractivity contribution in [3.8, 4) is 5.75 Å². The Bertz CT molecular complexity index is 822. The molecule has 6 rings (SSSR count). The molecule has 1 aromatic heterocycles. The van der Waals surface area contributed by atoms with Gasteiger partial charge in [0.2, 0.25) is 0 Å². The topological polar surface area (TPSA) is 51.5 Å². The van der Waals surface area contributed by atoms with Crippen molar-refractivity contribution in [2.75, 3.05) is 6.54 Å². The lowest BCUT2D eigenvalue weighted by molar-refractivity contribution is -0.0504. The number of nitrogens with one attached hydrogen (secondary N) is 1. The molecule has 1 aromatic carbocycles. The number of halogens is 1. The molecule has 1 heterocycles. The first-order valence-electron chi connectivity index (χ1n) is 10.3. The number of ether oxygens (including phenoxy) is 1. The molecule has 4 bridgehead atoms. The summed E-state index contributed by atoms with van der Waals surface area (Å²) < 4.78 is 12.4. The van der Waals surface area contributed by atoms with Gasteiger partial charge >= 0.3 is 0 Å². The minimum Gasteiger partial charge on any atom is -0.486 e. The van der Waals surface area contributed by atoms with Gasteiger partial charge in [0.1, 0.15) is 18.1 Å².